The smallest absolute Gasteiger partial charge is 0.242 e. The molecule has 0 spiro atoms. The van der Waals surface area contributed by atoms with E-state index < -0.39 is 15.6 Å². The molecule has 0 aliphatic rings. The normalized spacial score (nSPS) is 15.1. The third-order valence-electron chi connectivity index (χ3n) is 2.60. The predicted octanol–water partition coefficient (Wildman–Crippen LogP) is 1.33. The first-order chi connectivity index (χ1) is 8.92. The summed E-state index contributed by atoms with van der Waals surface area (Å²) in [5.41, 5.74) is -1.23. The second-order valence-corrected chi connectivity index (χ2v) is 6.98. The zero-order chi connectivity index (χ0) is 13.9. The minimum absolute atomic E-state index is 0.0805. The number of thiophene rings is 1. The highest BCUT2D eigenvalue weighted by atomic mass is 32.2. The molecule has 0 saturated carbocycles. The third kappa shape index (κ3) is 3.38. The molecule has 0 bridgehead atoms. The van der Waals surface area contributed by atoms with Crippen LogP contribution in [0.25, 0.3) is 0 Å². The Bertz CT molecular complexity index is 622. The molecule has 0 fully saturated rings. The van der Waals surface area contributed by atoms with Gasteiger partial charge in [0.25, 0.3) is 0 Å². The van der Waals surface area contributed by atoms with E-state index in [-0.39, 0.29) is 11.4 Å². The minimum Gasteiger partial charge on any atom is -0.383 e. The van der Waals surface area contributed by atoms with E-state index in [4.69, 9.17) is 0 Å². The molecular formula is C12H14N2O3S2. The first-order valence-corrected chi connectivity index (χ1v) is 7.94. The zero-order valence-electron chi connectivity index (χ0n) is 10.3. The lowest BCUT2D eigenvalue weighted by atomic mass is 10.1. The van der Waals surface area contributed by atoms with E-state index in [9.17, 15) is 13.5 Å². The number of hydrogen-bond donors (Lipinski definition) is 2. The lowest BCUT2D eigenvalue weighted by Crippen LogP contribution is -2.38. The summed E-state index contributed by atoms with van der Waals surface area (Å²) in [5.74, 6) is 0. The summed E-state index contributed by atoms with van der Waals surface area (Å²) in [6.45, 7) is 1.48. The number of aromatic nitrogens is 1. The van der Waals surface area contributed by atoms with E-state index in [1.165, 1.54) is 29.8 Å². The molecule has 0 aliphatic heterocycles. The van der Waals surface area contributed by atoms with Crippen LogP contribution in [0.1, 0.15) is 11.8 Å². The van der Waals surface area contributed by atoms with Crippen molar-refractivity contribution in [2.24, 2.45) is 0 Å². The van der Waals surface area contributed by atoms with E-state index in [1.807, 2.05) is 11.4 Å². The highest BCUT2D eigenvalue weighted by Gasteiger charge is 2.27. The summed E-state index contributed by atoms with van der Waals surface area (Å²) in [5, 5.41) is 12.1. The summed E-state index contributed by atoms with van der Waals surface area (Å²) in [4.78, 5) is 4.56. The van der Waals surface area contributed by atoms with Crippen LogP contribution in [0, 0.1) is 0 Å². The van der Waals surface area contributed by atoms with E-state index in [2.05, 4.69) is 9.71 Å². The van der Waals surface area contributed by atoms with Gasteiger partial charge < -0.3 is 5.11 Å². The maximum Gasteiger partial charge on any atom is 0.242 e. The number of hydrogen-bond acceptors (Lipinski definition) is 5. The molecule has 0 saturated heterocycles. The van der Waals surface area contributed by atoms with Crippen LogP contribution in [-0.2, 0) is 15.6 Å². The minimum atomic E-state index is -3.65. The second-order valence-electron chi connectivity index (χ2n) is 4.26. The Kier molecular flexibility index (Phi) is 4.00. The number of nitrogens with one attached hydrogen (secondary N) is 1. The van der Waals surface area contributed by atoms with Gasteiger partial charge in [-0.25, -0.2) is 13.1 Å². The van der Waals surface area contributed by atoms with Gasteiger partial charge in [-0.15, -0.1) is 11.3 Å². The van der Waals surface area contributed by atoms with Gasteiger partial charge in [0.15, 0.2) is 0 Å². The van der Waals surface area contributed by atoms with Crippen LogP contribution in [0.3, 0.4) is 0 Å². The fourth-order valence-electron chi connectivity index (χ4n) is 1.50. The second kappa shape index (κ2) is 5.38. The van der Waals surface area contributed by atoms with Gasteiger partial charge in [-0.3, -0.25) is 4.98 Å². The fraction of sp³-hybridized carbons (Fsp3) is 0.250. The van der Waals surface area contributed by atoms with Gasteiger partial charge in [0.1, 0.15) is 10.5 Å². The van der Waals surface area contributed by atoms with Gasteiger partial charge in [-0.2, -0.15) is 0 Å². The highest BCUT2D eigenvalue weighted by Crippen LogP contribution is 2.24. The van der Waals surface area contributed by atoms with Crippen LogP contribution in [0.4, 0.5) is 0 Å². The van der Waals surface area contributed by atoms with Crippen molar-refractivity contribution in [2.45, 2.75) is 17.4 Å². The zero-order valence-corrected chi connectivity index (χ0v) is 11.9. The Labute approximate surface area is 116 Å². The number of rotatable bonds is 5. The lowest BCUT2D eigenvalue weighted by Gasteiger charge is -2.22. The molecule has 7 heteroatoms. The quantitative estimate of drug-likeness (QED) is 0.873. The van der Waals surface area contributed by atoms with Gasteiger partial charge >= 0.3 is 0 Å². The number of pyridine rings is 1. The summed E-state index contributed by atoms with van der Waals surface area (Å²) in [6.07, 6.45) is 2.77. The Morgan fingerprint density at radius 2 is 2.21 bits per heavy atom. The molecule has 0 aromatic carbocycles. The summed E-state index contributed by atoms with van der Waals surface area (Å²) < 4.78 is 26.4. The monoisotopic (exact) mass is 298 g/mol. The molecule has 5 nitrogen and oxygen atoms in total. The Morgan fingerprint density at radius 3 is 2.79 bits per heavy atom. The molecule has 2 N–H and O–H groups in total. The SMILES string of the molecule is C[C@](O)(CNS(=O)(=O)c1cccnc1)c1cccs1. The van der Waals surface area contributed by atoms with Crippen LogP contribution >= 0.6 is 11.3 Å². The van der Waals surface area contributed by atoms with Crippen molar-refractivity contribution in [2.75, 3.05) is 6.54 Å². The third-order valence-corrected chi connectivity index (χ3v) is 5.11. The number of nitrogens with zero attached hydrogens (tertiary/aromatic N) is 1. The average Bonchev–Trinajstić information content (AvgIpc) is 2.93. The molecule has 0 amide bonds. The van der Waals surface area contributed by atoms with Crippen LogP contribution < -0.4 is 4.72 Å². The van der Waals surface area contributed by atoms with Crippen molar-refractivity contribution in [1.82, 2.24) is 9.71 Å². The van der Waals surface area contributed by atoms with E-state index in [0.717, 1.165) is 0 Å². The van der Waals surface area contributed by atoms with E-state index >= 15 is 0 Å². The molecule has 1 atom stereocenters. The molecule has 102 valence electrons. The van der Waals surface area contributed by atoms with Crippen LogP contribution in [0.15, 0.2) is 46.9 Å². The standard InChI is InChI=1S/C12H14N2O3S2/c1-12(15,11-5-3-7-18-11)9-14-19(16,17)10-4-2-6-13-8-10/h2-8,14-15H,9H2,1H3/t12-/m0/s1. The fourth-order valence-corrected chi connectivity index (χ4v) is 3.38. The van der Waals surface area contributed by atoms with Crippen LogP contribution in [0.2, 0.25) is 0 Å². The topological polar surface area (TPSA) is 79.3 Å². The first kappa shape index (κ1) is 14.1. The van der Waals surface area contributed by atoms with Crippen molar-refractivity contribution in [3.63, 3.8) is 0 Å². The number of sulfonamides is 1. The van der Waals surface area contributed by atoms with Crippen molar-refractivity contribution >= 4 is 21.4 Å². The molecule has 0 aliphatic carbocycles. The van der Waals surface area contributed by atoms with Crippen molar-refractivity contribution < 1.29 is 13.5 Å². The molecule has 0 radical (unpaired) electrons. The molecule has 2 aromatic rings. The largest absolute Gasteiger partial charge is 0.383 e. The van der Waals surface area contributed by atoms with Gasteiger partial charge in [-0.05, 0) is 30.5 Å². The molecule has 19 heavy (non-hydrogen) atoms. The van der Waals surface area contributed by atoms with E-state index in [0.29, 0.717) is 4.88 Å². The molecule has 2 rings (SSSR count). The average molecular weight is 298 g/mol. The van der Waals surface area contributed by atoms with Gasteiger partial charge in [0, 0.05) is 23.8 Å². The summed E-state index contributed by atoms with van der Waals surface area (Å²) >= 11 is 1.38. The van der Waals surface area contributed by atoms with Crippen molar-refractivity contribution in [3.8, 4) is 0 Å². The van der Waals surface area contributed by atoms with Gasteiger partial charge in [-0.1, -0.05) is 6.07 Å². The van der Waals surface area contributed by atoms with E-state index in [1.54, 1.807) is 19.1 Å². The van der Waals surface area contributed by atoms with Crippen LogP contribution in [0.5, 0.6) is 0 Å². The maximum absolute atomic E-state index is 12.0. The lowest BCUT2D eigenvalue weighted by molar-refractivity contribution is 0.0666. The molecule has 0 unspecified atom stereocenters. The molecule has 2 aromatic heterocycles. The Balaban J connectivity index is 2.11. The molecular weight excluding hydrogens is 284 g/mol. The first-order valence-electron chi connectivity index (χ1n) is 5.58. The Hall–Kier alpha value is -1.28. The van der Waals surface area contributed by atoms with Crippen LogP contribution in [-0.4, -0.2) is 25.1 Å². The van der Waals surface area contributed by atoms with Gasteiger partial charge in [0.2, 0.25) is 10.0 Å². The predicted molar refractivity (Wildman–Crippen MR) is 73.3 cm³/mol. The highest BCUT2D eigenvalue weighted by molar-refractivity contribution is 7.89. The van der Waals surface area contributed by atoms with Crippen molar-refractivity contribution in [3.05, 3.63) is 46.9 Å². The van der Waals surface area contributed by atoms with Gasteiger partial charge in [0.05, 0.1) is 0 Å². The number of aliphatic hydroxyl groups is 1. The molecule has 2 heterocycles. The summed E-state index contributed by atoms with van der Waals surface area (Å²) in [6, 6.07) is 6.58. The summed E-state index contributed by atoms with van der Waals surface area (Å²) in [7, 11) is -3.65. The maximum atomic E-state index is 12.0. The van der Waals surface area contributed by atoms with Crippen molar-refractivity contribution in [1.29, 1.82) is 0 Å². The Morgan fingerprint density at radius 1 is 1.42 bits per heavy atom.